The van der Waals surface area contributed by atoms with E-state index in [4.69, 9.17) is 10.5 Å². The van der Waals surface area contributed by atoms with Crippen molar-refractivity contribution in [3.05, 3.63) is 29.8 Å². The molecule has 3 nitrogen and oxygen atoms in total. The van der Waals surface area contributed by atoms with Gasteiger partial charge in [-0.2, -0.15) is 0 Å². The van der Waals surface area contributed by atoms with Gasteiger partial charge in [-0.3, -0.25) is 0 Å². The zero-order chi connectivity index (χ0) is 13.2. The Morgan fingerprint density at radius 3 is 2.39 bits per heavy atom. The Labute approximate surface area is 109 Å². The molecule has 1 aliphatic carbocycles. The van der Waals surface area contributed by atoms with E-state index in [2.05, 4.69) is 26.0 Å². The molecule has 0 aliphatic heterocycles. The lowest BCUT2D eigenvalue weighted by Crippen LogP contribution is -2.49. The molecule has 1 aromatic carbocycles. The van der Waals surface area contributed by atoms with Crippen LogP contribution in [0, 0.1) is 5.92 Å². The lowest BCUT2D eigenvalue weighted by atomic mass is 9.63. The van der Waals surface area contributed by atoms with Gasteiger partial charge in [0.15, 0.2) is 0 Å². The Morgan fingerprint density at radius 2 is 1.94 bits per heavy atom. The Morgan fingerprint density at radius 1 is 1.33 bits per heavy atom. The molecule has 0 aromatic heterocycles. The molecule has 18 heavy (non-hydrogen) atoms. The third-order valence-electron chi connectivity index (χ3n) is 3.69. The Kier molecular flexibility index (Phi) is 3.93. The molecule has 0 heterocycles. The number of ether oxygens (including phenoxy) is 1. The molecule has 1 aromatic rings. The second-order valence-electron chi connectivity index (χ2n) is 5.78. The molecule has 1 saturated carbocycles. The van der Waals surface area contributed by atoms with Gasteiger partial charge >= 0.3 is 0 Å². The second-order valence-corrected chi connectivity index (χ2v) is 5.78. The number of hydrogen-bond donors (Lipinski definition) is 2. The van der Waals surface area contributed by atoms with E-state index in [1.54, 1.807) is 0 Å². The molecular weight excluding hydrogens is 226 g/mol. The molecular formula is C15H23NO2. The van der Waals surface area contributed by atoms with Crippen LogP contribution in [0.25, 0.3) is 0 Å². The number of aliphatic hydroxyl groups excluding tert-OH is 1. The first-order valence-corrected chi connectivity index (χ1v) is 6.67. The Hall–Kier alpha value is -1.06. The van der Waals surface area contributed by atoms with Crippen LogP contribution >= 0.6 is 0 Å². The van der Waals surface area contributed by atoms with Gasteiger partial charge in [0.2, 0.25) is 0 Å². The fourth-order valence-electron chi connectivity index (χ4n) is 2.53. The highest BCUT2D eigenvalue weighted by molar-refractivity contribution is 5.35. The van der Waals surface area contributed by atoms with Gasteiger partial charge in [-0.25, -0.2) is 0 Å². The van der Waals surface area contributed by atoms with Crippen LogP contribution in [0.1, 0.15) is 32.3 Å². The van der Waals surface area contributed by atoms with Gasteiger partial charge in [-0.05, 0) is 36.5 Å². The van der Waals surface area contributed by atoms with E-state index >= 15 is 0 Å². The number of benzene rings is 1. The predicted octanol–water partition coefficient (Wildman–Crippen LogP) is 2.07. The normalized spacial score (nSPS) is 27.1. The minimum absolute atomic E-state index is 0.0179. The first-order valence-electron chi connectivity index (χ1n) is 6.67. The van der Waals surface area contributed by atoms with Crippen molar-refractivity contribution in [2.24, 2.45) is 11.7 Å². The minimum Gasteiger partial charge on any atom is -0.493 e. The van der Waals surface area contributed by atoms with Crippen molar-refractivity contribution in [2.75, 3.05) is 13.2 Å². The van der Waals surface area contributed by atoms with E-state index in [9.17, 15) is 5.11 Å². The van der Waals surface area contributed by atoms with Crippen molar-refractivity contribution in [3.63, 3.8) is 0 Å². The van der Waals surface area contributed by atoms with Crippen molar-refractivity contribution < 1.29 is 9.84 Å². The molecule has 0 saturated heterocycles. The Bertz CT molecular complexity index is 380. The molecule has 100 valence electrons. The minimum atomic E-state index is -0.189. The van der Waals surface area contributed by atoms with Gasteiger partial charge in [0.05, 0.1) is 12.7 Å². The summed E-state index contributed by atoms with van der Waals surface area (Å²) in [6.07, 6.45) is 1.36. The fraction of sp³-hybridized carbons (Fsp3) is 0.600. The van der Waals surface area contributed by atoms with Gasteiger partial charge in [-0.15, -0.1) is 0 Å². The van der Waals surface area contributed by atoms with Crippen LogP contribution in [-0.2, 0) is 5.41 Å². The van der Waals surface area contributed by atoms with Gasteiger partial charge < -0.3 is 15.6 Å². The molecule has 1 fully saturated rings. The maximum Gasteiger partial charge on any atom is 0.119 e. The van der Waals surface area contributed by atoms with Gasteiger partial charge in [-0.1, -0.05) is 26.0 Å². The maximum absolute atomic E-state index is 9.50. The summed E-state index contributed by atoms with van der Waals surface area (Å²) in [6.45, 7) is 5.59. The van der Waals surface area contributed by atoms with Crippen molar-refractivity contribution in [1.82, 2.24) is 0 Å². The average Bonchev–Trinajstić information content (AvgIpc) is 2.33. The fourth-order valence-corrected chi connectivity index (χ4v) is 2.53. The first-order chi connectivity index (χ1) is 8.55. The van der Waals surface area contributed by atoms with E-state index in [-0.39, 0.29) is 11.5 Å². The molecule has 3 N–H and O–H groups in total. The van der Waals surface area contributed by atoms with Gasteiger partial charge in [0.1, 0.15) is 5.75 Å². The molecule has 1 aliphatic rings. The van der Waals surface area contributed by atoms with Crippen molar-refractivity contribution >= 4 is 0 Å². The maximum atomic E-state index is 9.50. The van der Waals surface area contributed by atoms with Crippen LogP contribution in [0.2, 0.25) is 0 Å². The van der Waals surface area contributed by atoms with Gasteiger partial charge in [0, 0.05) is 12.0 Å². The summed E-state index contributed by atoms with van der Waals surface area (Å²) in [5.41, 5.74) is 7.05. The standard InChI is InChI=1S/C15H23NO2/c1-11(2)9-18-14-5-3-12(4-6-14)15(10-16)7-13(17)8-15/h3-6,11,13,17H,7-10,16H2,1-2H3. The van der Waals surface area contributed by atoms with Crippen LogP contribution in [0.4, 0.5) is 0 Å². The smallest absolute Gasteiger partial charge is 0.119 e. The number of nitrogens with two attached hydrogens (primary N) is 1. The van der Waals surface area contributed by atoms with Crippen LogP contribution in [-0.4, -0.2) is 24.4 Å². The second kappa shape index (κ2) is 5.29. The zero-order valence-corrected chi connectivity index (χ0v) is 11.2. The summed E-state index contributed by atoms with van der Waals surface area (Å²) in [7, 11) is 0. The molecule has 0 spiro atoms. The summed E-state index contributed by atoms with van der Waals surface area (Å²) < 4.78 is 5.66. The molecule has 0 radical (unpaired) electrons. The molecule has 0 unspecified atom stereocenters. The lowest BCUT2D eigenvalue weighted by molar-refractivity contribution is 0.0221. The summed E-state index contributed by atoms with van der Waals surface area (Å²) >= 11 is 0. The van der Waals surface area contributed by atoms with Crippen molar-refractivity contribution in [2.45, 2.75) is 38.2 Å². The first kappa shape index (κ1) is 13.4. The molecule has 2 rings (SSSR count). The monoisotopic (exact) mass is 249 g/mol. The van der Waals surface area contributed by atoms with Crippen LogP contribution in [0.3, 0.4) is 0 Å². The summed E-state index contributed by atoms with van der Waals surface area (Å²) in [5.74, 6) is 1.43. The third-order valence-corrected chi connectivity index (χ3v) is 3.69. The average molecular weight is 249 g/mol. The van der Waals surface area contributed by atoms with Gasteiger partial charge in [0.25, 0.3) is 0 Å². The van der Waals surface area contributed by atoms with E-state index in [0.717, 1.165) is 25.2 Å². The Balaban J connectivity index is 2.03. The third kappa shape index (κ3) is 2.68. The quantitative estimate of drug-likeness (QED) is 0.840. The topological polar surface area (TPSA) is 55.5 Å². The molecule has 3 heteroatoms. The largest absolute Gasteiger partial charge is 0.493 e. The van der Waals surface area contributed by atoms with Crippen LogP contribution in [0.5, 0.6) is 5.75 Å². The molecule has 0 atom stereocenters. The zero-order valence-electron chi connectivity index (χ0n) is 11.2. The van der Waals surface area contributed by atoms with Crippen LogP contribution < -0.4 is 10.5 Å². The summed E-state index contributed by atoms with van der Waals surface area (Å²) in [4.78, 5) is 0. The van der Waals surface area contributed by atoms with E-state index < -0.39 is 0 Å². The number of rotatable bonds is 5. The highest BCUT2D eigenvalue weighted by Crippen LogP contribution is 2.43. The predicted molar refractivity (Wildman–Crippen MR) is 72.7 cm³/mol. The number of hydrogen-bond acceptors (Lipinski definition) is 3. The van der Waals surface area contributed by atoms with E-state index in [1.165, 1.54) is 5.56 Å². The van der Waals surface area contributed by atoms with Crippen molar-refractivity contribution in [3.8, 4) is 5.75 Å². The lowest BCUT2D eigenvalue weighted by Gasteiger charge is -2.45. The SMILES string of the molecule is CC(C)COc1ccc(C2(CN)CC(O)C2)cc1. The van der Waals surface area contributed by atoms with Crippen LogP contribution in [0.15, 0.2) is 24.3 Å². The molecule has 0 bridgehead atoms. The van der Waals surface area contributed by atoms with Crippen molar-refractivity contribution in [1.29, 1.82) is 0 Å². The highest BCUT2D eigenvalue weighted by Gasteiger charge is 2.43. The summed E-state index contributed by atoms with van der Waals surface area (Å²) in [5, 5.41) is 9.50. The highest BCUT2D eigenvalue weighted by atomic mass is 16.5. The number of aliphatic hydroxyl groups is 1. The summed E-state index contributed by atoms with van der Waals surface area (Å²) in [6, 6.07) is 8.16. The molecule has 0 amide bonds. The van der Waals surface area contributed by atoms with E-state index in [0.29, 0.717) is 12.5 Å². The van der Waals surface area contributed by atoms with E-state index in [1.807, 2.05) is 12.1 Å².